The van der Waals surface area contributed by atoms with Gasteiger partial charge in [-0.15, -0.1) is 0 Å². The molecule has 1 amide bonds. The van der Waals surface area contributed by atoms with Crippen LogP contribution in [0.15, 0.2) is 18.2 Å². The van der Waals surface area contributed by atoms with Crippen molar-refractivity contribution in [1.82, 2.24) is 4.90 Å². The standard InChI is InChI=1S/C12H15N3O2/c1-2-15(7-3-6-13)12(17)10-8-9(16)4-5-11(10)14/h4-5,8,16H,2-3,7,14H2,1H3. The van der Waals surface area contributed by atoms with Gasteiger partial charge >= 0.3 is 0 Å². The molecule has 0 bridgehead atoms. The first-order chi connectivity index (χ1) is 8.10. The van der Waals surface area contributed by atoms with Gasteiger partial charge in [-0.1, -0.05) is 0 Å². The Balaban J connectivity index is 2.94. The molecule has 0 heterocycles. The van der Waals surface area contributed by atoms with Crippen LogP contribution in [0.25, 0.3) is 0 Å². The molecule has 0 aliphatic heterocycles. The molecule has 0 saturated heterocycles. The number of nitrogens with zero attached hydrogens (tertiary/aromatic N) is 2. The molecule has 3 N–H and O–H groups in total. The van der Waals surface area contributed by atoms with E-state index in [4.69, 9.17) is 11.0 Å². The van der Waals surface area contributed by atoms with E-state index in [1.165, 1.54) is 23.1 Å². The lowest BCUT2D eigenvalue weighted by Gasteiger charge is -2.20. The van der Waals surface area contributed by atoms with E-state index in [0.29, 0.717) is 18.8 Å². The van der Waals surface area contributed by atoms with Crippen LogP contribution < -0.4 is 5.73 Å². The molecule has 0 fully saturated rings. The smallest absolute Gasteiger partial charge is 0.256 e. The maximum atomic E-state index is 12.1. The number of nitrogens with two attached hydrogens (primary N) is 1. The number of carbonyl (C=O) groups is 1. The van der Waals surface area contributed by atoms with Gasteiger partial charge in [0.15, 0.2) is 0 Å². The average Bonchev–Trinajstić information content (AvgIpc) is 2.33. The van der Waals surface area contributed by atoms with Crippen LogP contribution in [0, 0.1) is 11.3 Å². The average molecular weight is 233 g/mol. The van der Waals surface area contributed by atoms with Gasteiger partial charge in [0.25, 0.3) is 5.91 Å². The van der Waals surface area contributed by atoms with Crippen molar-refractivity contribution in [3.63, 3.8) is 0 Å². The molecule has 90 valence electrons. The summed E-state index contributed by atoms with van der Waals surface area (Å²) in [5, 5.41) is 17.8. The van der Waals surface area contributed by atoms with Crippen LogP contribution in [0.4, 0.5) is 5.69 Å². The lowest BCUT2D eigenvalue weighted by Crippen LogP contribution is -2.32. The third kappa shape index (κ3) is 3.11. The van der Waals surface area contributed by atoms with E-state index in [1.807, 2.05) is 13.0 Å². The molecule has 0 aliphatic carbocycles. The molecule has 17 heavy (non-hydrogen) atoms. The van der Waals surface area contributed by atoms with E-state index in [2.05, 4.69) is 0 Å². The third-order valence-corrected chi connectivity index (χ3v) is 2.43. The monoisotopic (exact) mass is 233 g/mol. The Morgan fingerprint density at radius 2 is 2.29 bits per heavy atom. The van der Waals surface area contributed by atoms with Crippen LogP contribution in [0.1, 0.15) is 23.7 Å². The molecule has 0 spiro atoms. The predicted octanol–water partition coefficient (Wildman–Crippen LogP) is 1.35. The molecule has 1 aromatic carbocycles. The quantitative estimate of drug-likeness (QED) is 0.606. The lowest BCUT2D eigenvalue weighted by molar-refractivity contribution is 0.0768. The molecule has 5 nitrogen and oxygen atoms in total. The topological polar surface area (TPSA) is 90.3 Å². The van der Waals surface area contributed by atoms with Gasteiger partial charge in [0.2, 0.25) is 0 Å². The molecule has 0 aromatic heterocycles. The number of hydrogen-bond acceptors (Lipinski definition) is 4. The van der Waals surface area contributed by atoms with Crippen LogP contribution in [0.3, 0.4) is 0 Å². The highest BCUT2D eigenvalue weighted by molar-refractivity contribution is 5.99. The van der Waals surface area contributed by atoms with Crippen molar-refractivity contribution in [1.29, 1.82) is 5.26 Å². The number of phenolic OH excluding ortho intramolecular Hbond substituents is 1. The van der Waals surface area contributed by atoms with Gasteiger partial charge in [0, 0.05) is 18.8 Å². The summed E-state index contributed by atoms with van der Waals surface area (Å²) in [7, 11) is 0. The van der Waals surface area contributed by atoms with Gasteiger partial charge < -0.3 is 15.7 Å². The Hall–Kier alpha value is -2.22. The van der Waals surface area contributed by atoms with E-state index >= 15 is 0 Å². The Bertz CT molecular complexity index is 452. The summed E-state index contributed by atoms with van der Waals surface area (Å²) in [6.45, 7) is 2.69. The molecule has 0 unspecified atom stereocenters. The van der Waals surface area contributed by atoms with Crippen LogP contribution in [0.5, 0.6) is 5.75 Å². The van der Waals surface area contributed by atoms with Gasteiger partial charge in [-0.2, -0.15) is 5.26 Å². The molecular weight excluding hydrogens is 218 g/mol. The van der Waals surface area contributed by atoms with Crippen molar-refractivity contribution in [2.24, 2.45) is 0 Å². The highest BCUT2D eigenvalue weighted by Gasteiger charge is 2.16. The predicted molar refractivity (Wildman–Crippen MR) is 64.3 cm³/mol. The molecule has 1 rings (SSSR count). The summed E-state index contributed by atoms with van der Waals surface area (Å²) < 4.78 is 0. The van der Waals surface area contributed by atoms with Gasteiger partial charge in [0.1, 0.15) is 5.75 Å². The number of nitriles is 1. The Kier molecular flexibility index (Phi) is 4.35. The minimum Gasteiger partial charge on any atom is -0.508 e. The van der Waals surface area contributed by atoms with Crippen LogP contribution in [0.2, 0.25) is 0 Å². The van der Waals surface area contributed by atoms with Crippen LogP contribution in [-0.4, -0.2) is 29.0 Å². The van der Waals surface area contributed by atoms with Crippen LogP contribution >= 0.6 is 0 Å². The summed E-state index contributed by atoms with van der Waals surface area (Å²) in [6.07, 6.45) is 0.276. The summed E-state index contributed by atoms with van der Waals surface area (Å²) in [5.74, 6) is -0.268. The molecule has 1 aromatic rings. The minimum absolute atomic E-state index is 0.00103. The Labute approximate surface area is 100 Å². The highest BCUT2D eigenvalue weighted by atomic mass is 16.3. The third-order valence-electron chi connectivity index (χ3n) is 2.43. The number of aromatic hydroxyl groups is 1. The fraction of sp³-hybridized carbons (Fsp3) is 0.333. The number of nitrogen functional groups attached to an aromatic ring is 1. The van der Waals surface area contributed by atoms with Gasteiger partial charge in [0.05, 0.1) is 18.1 Å². The first kappa shape index (κ1) is 12.8. The maximum absolute atomic E-state index is 12.1. The highest BCUT2D eigenvalue weighted by Crippen LogP contribution is 2.20. The number of benzene rings is 1. The van der Waals surface area contributed by atoms with E-state index in [-0.39, 0.29) is 23.6 Å². The molecule has 0 atom stereocenters. The van der Waals surface area contributed by atoms with Crippen molar-refractivity contribution < 1.29 is 9.90 Å². The van der Waals surface area contributed by atoms with Crippen molar-refractivity contribution in [3.8, 4) is 11.8 Å². The van der Waals surface area contributed by atoms with Crippen molar-refractivity contribution >= 4 is 11.6 Å². The molecule has 0 radical (unpaired) electrons. The van der Waals surface area contributed by atoms with E-state index in [0.717, 1.165) is 0 Å². The molecule has 0 saturated carbocycles. The molecular formula is C12H15N3O2. The van der Waals surface area contributed by atoms with Gasteiger partial charge in [-0.05, 0) is 25.1 Å². The zero-order chi connectivity index (χ0) is 12.8. The zero-order valence-electron chi connectivity index (χ0n) is 9.68. The fourth-order valence-corrected chi connectivity index (χ4v) is 1.49. The van der Waals surface area contributed by atoms with E-state index < -0.39 is 0 Å². The minimum atomic E-state index is -0.267. The second kappa shape index (κ2) is 5.75. The Morgan fingerprint density at radius 3 is 2.88 bits per heavy atom. The second-order valence-corrected chi connectivity index (χ2v) is 3.56. The van der Waals surface area contributed by atoms with Gasteiger partial charge in [-0.3, -0.25) is 4.79 Å². The van der Waals surface area contributed by atoms with Crippen LogP contribution in [-0.2, 0) is 0 Å². The number of amides is 1. The van der Waals surface area contributed by atoms with Crippen molar-refractivity contribution in [3.05, 3.63) is 23.8 Å². The number of anilines is 1. The number of carbonyl (C=O) groups excluding carboxylic acids is 1. The van der Waals surface area contributed by atoms with Gasteiger partial charge in [-0.25, -0.2) is 0 Å². The first-order valence-electron chi connectivity index (χ1n) is 5.34. The Morgan fingerprint density at radius 1 is 1.59 bits per heavy atom. The summed E-state index contributed by atoms with van der Waals surface area (Å²) >= 11 is 0. The number of rotatable bonds is 4. The summed E-state index contributed by atoms with van der Waals surface area (Å²) in [6, 6.07) is 6.25. The molecule has 5 heteroatoms. The fourth-order valence-electron chi connectivity index (χ4n) is 1.49. The SMILES string of the molecule is CCN(CCC#N)C(=O)c1cc(O)ccc1N. The molecule has 0 aliphatic rings. The van der Waals surface area contributed by atoms with E-state index in [9.17, 15) is 9.90 Å². The zero-order valence-corrected chi connectivity index (χ0v) is 9.68. The summed E-state index contributed by atoms with van der Waals surface area (Å²) in [5.41, 5.74) is 6.28. The second-order valence-electron chi connectivity index (χ2n) is 3.56. The maximum Gasteiger partial charge on any atom is 0.256 e. The lowest BCUT2D eigenvalue weighted by atomic mass is 10.1. The van der Waals surface area contributed by atoms with Crippen molar-refractivity contribution in [2.75, 3.05) is 18.8 Å². The van der Waals surface area contributed by atoms with Crippen molar-refractivity contribution in [2.45, 2.75) is 13.3 Å². The largest absolute Gasteiger partial charge is 0.508 e. The van der Waals surface area contributed by atoms with E-state index in [1.54, 1.807) is 0 Å². The number of phenols is 1. The number of hydrogen-bond donors (Lipinski definition) is 2. The normalized spacial score (nSPS) is 9.65. The summed E-state index contributed by atoms with van der Waals surface area (Å²) in [4.78, 5) is 13.6. The first-order valence-corrected chi connectivity index (χ1v) is 5.34.